The van der Waals surface area contributed by atoms with Crippen molar-refractivity contribution in [3.8, 4) is 17.1 Å². The number of nitrogens with zero attached hydrogens (tertiary/aromatic N) is 1. The van der Waals surface area contributed by atoms with Crippen LogP contribution in [0.3, 0.4) is 0 Å². The largest absolute Gasteiger partial charge is 0.492 e. The van der Waals surface area contributed by atoms with Crippen LogP contribution in [0, 0.1) is 0 Å². The molecule has 0 radical (unpaired) electrons. The molecule has 1 aromatic heterocycles. The molecule has 0 amide bonds. The van der Waals surface area contributed by atoms with Crippen LogP contribution in [-0.2, 0) is 0 Å². The van der Waals surface area contributed by atoms with E-state index in [-0.39, 0.29) is 5.43 Å². The van der Waals surface area contributed by atoms with Gasteiger partial charge in [0.05, 0.1) is 5.39 Å². The Bertz CT molecular complexity index is 927. The molecule has 3 aromatic rings. The van der Waals surface area contributed by atoms with Gasteiger partial charge in [-0.2, -0.15) is 0 Å². The molecule has 0 aliphatic carbocycles. The summed E-state index contributed by atoms with van der Waals surface area (Å²) in [5, 5.41) is 0.577. The lowest BCUT2D eigenvalue weighted by Gasteiger charge is -2.26. The smallest absolute Gasteiger partial charge is 0.193 e. The highest BCUT2D eigenvalue weighted by Gasteiger charge is 2.11. The van der Waals surface area contributed by atoms with E-state index >= 15 is 0 Å². The molecule has 0 saturated carbocycles. The first-order chi connectivity index (χ1) is 12.8. The molecule has 2 aromatic carbocycles. The fourth-order valence-electron chi connectivity index (χ4n) is 3.45. The molecule has 1 fully saturated rings. The Morgan fingerprint density at radius 2 is 1.77 bits per heavy atom. The number of rotatable bonds is 5. The minimum Gasteiger partial charge on any atom is -0.492 e. The molecule has 0 bridgehead atoms. The Balaban J connectivity index is 1.52. The van der Waals surface area contributed by atoms with Gasteiger partial charge in [-0.15, -0.1) is 0 Å². The third-order valence-electron chi connectivity index (χ3n) is 4.88. The van der Waals surface area contributed by atoms with Gasteiger partial charge in [0.15, 0.2) is 5.43 Å². The quantitative estimate of drug-likeness (QED) is 0.688. The van der Waals surface area contributed by atoms with Crippen molar-refractivity contribution < 1.29 is 9.15 Å². The van der Waals surface area contributed by atoms with Crippen molar-refractivity contribution in [2.45, 2.75) is 19.3 Å². The minimum absolute atomic E-state index is 0.0371. The van der Waals surface area contributed by atoms with Crippen LogP contribution in [0.15, 0.2) is 63.8 Å². The third-order valence-corrected chi connectivity index (χ3v) is 4.88. The lowest BCUT2D eigenvalue weighted by Crippen LogP contribution is -2.33. The van der Waals surface area contributed by atoms with Gasteiger partial charge in [-0.05, 0) is 38.1 Å². The number of likely N-dealkylation sites (tertiary alicyclic amines) is 1. The van der Waals surface area contributed by atoms with Crippen molar-refractivity contribution >= 4 is 11.0 Å². The number of piperidine rings is 1. The fraction of sp³-hybridized carbons (Fsp3) is 0.318. The van der Waals surface area contributed by atoms with E-state index < -0.39 is 0 Å². The lowest BCUT2D eigenvalue weighted by molar-refractivity contribution is 0.183. The molecular formula is C22H23NO3. The Hall–Kier alpha value is -2.59. The van der Waals surface area contributed by atoms with Gasteiger partial charge in [0, 0.05) is 24.2 Å². The Morgan fingerprint density at radius 3 is 2.58 bits per heavy atom. The van der Waals surface area contributed by atoms with Gasteiger partial charge in [-0.3, -0.25) is 9.69 Å². The Kier molecular flexibility index (Phi) is 5.02. The van der Waals surface area contributed by atoms with Crippen molar-refractivity contribution in [1.29, 1.82) is 0 Å². The molecular weight excluding hydrogens is 326 g/mol. The van der Waals surface area contributed by atoms with Crippen LogP contribution in [-0.4, -0.2) is 31.1 Å². The standard InChI is InChI=1S/C22H23NO3/c24-20-16-21(17-7-3-1-4-8-17)26-22-15-18(9-10-19(20)22)25-14-13-23-11-5-2-6-12-23/h1,3-4,7-10,15-16H,2,5-6,11-14H2. The zero-order valence-electron chi connectivity index (χ0n) is 14.8. The maximum atomic E-state index is 12.4. The van der Waals surface area contributed by atoms with Gasteiger partial charge in [-0.25, -0.2) is 0 Å². The molecule has 0 spiro atoms. The summed E-state index contributed by atoms with van der Waals surface area (Å²) in [5.74, 6) is 1.32. The second-order valence-corrected chi connectivity index (χ2v) is 6.75. The summed E-state index contributed by atoms with van der Waals surface area (Å²) in [5.41, 5.74) is 1.42. The Labute approximate surface area is 153 Å². The summed E-state index contributed by atoms with van der Waals surface area (Å²) in [6, 6.07) is 16.7. The zero-order chi connectivity index (χ0) is 17.8. The van der Waals surface area contributed by atoms with Crippen molar-refractivity contribution in [1.82, 2.24) is 4.90 Å². The molecule has 1 aliphatic heterocycles. The SMILES string of the molecule is O=c1cc(-c2ccccc2)oc2cc(OCCN3CCCCC3)ccc12. The number of benzene rings is 2. The predicted octanol–water partition coefficient (Wildman–Crippen LogP) is 4.32. The molecule has 4 heteroatoms. The lowest BCUT2D eigenvalue weighted by atomic mass is 10.1. The van der Waals surface area contributed by atoms with Crippen LogP contribution in [0.5, 0.6) is 5.75 Å². The zero-order valence-corrected chi connectivity index (χ0v) is 14.8. The normalized spacial score (nSPS) is 15.2. The highest BCUT2D eigenvalue weighted by atomic mass is 16.5. The van der Waals surface area contributed by atoms with Crippen LogP contribution >= 0.6 is 0 Å². The number of fused-ring (bicyclic) bond motifs is 1. The summed E-state index contributed by atoms with van der Waals surface area (Å²) in [4.78, 5) is 14.8. The van der Waals surface area contributed by atoms with Gasteiger partial charge < -0.3 is 9.15 Å². The third kappa shape index (κ3) is 3.81. The molecule has 1 aliphatic rings. The number of hydrogen-bond acceptors (Lipinski definition) is 4. The maximum Gasteiger partial charge on any atom is 0.193 e. The van der Waals surface area contributed by atoms with E-state index in [2.05, 4.69) is 4.90 Å². The monoisotopic (exact) mass is 349 g/mol. The van der Waals surface area contributed by atoms with Crippen molar-refractivity contribution in [2.24, 2.45) is 0 Å². The van der Waals surface area contributed by atoms with Gasteiger partial charge in [0.2, 0.25) is 0 Å². The number of ether oxygens (including phenoxy) is 1. The average Bonchev–Trinajstić information content (AvgIpc) is 2.69. The van der Waals surface area contributed by atoms with E-state index in [0.29, 0.717) is 23.3 Å². The molecule has 4 rings (SSSR count). The molecule has 2 heterocycles. The van der Waals surface area contributed by atoms with Gasteiger partial charge in [0.25, 0.3) is 0 Å². The molecule has 0 N–H and O–H groups in total. The van der Waals surface area contributed by atoms with E-state index in [1.165, 1.54) is 19.3 Å². The average molecular weight is 349 g/mol. The molecule has 0 unspecified atom stereocenters. The second kappa shape index (κ2) is 7.75. The Morgan fingerprint density at radius 1 is 0.962 bits per heavy atom. The fourth-order valence-corrected chi connectivity index (χ4v) is 3.45. The summed E-state index contributed by atoms with van der Waals surface area (Å²) in [6.07, 6.45) is 3.90. The van der Waals surface area contributed by atoms with Crippen LogP contribution in [0.25, 0.3) is 22.3 Å². The van der Waals surface area contributed by atoms with Crippen LogP contribution in [0.4, 0.5) is 0 Å². The molecule has 4 nitrogen and oxygen atoms in total. The first-order valence-corrected chi connectivity index (χ1v) is 9.28. The van der Waals surface area contributed by atoms with Gasteiger partial charge >= 0.3 is 0 Å². The topological polar surface area (TPSA) is 42.7 Å². The van der Waals surface area contributed by atoms with Crippen LogP contribution in [0.1, 0.15) is 19.3 Å². The first-order valence-electron chi connectivity index (χ1n) is 9.28. The van der Waals surface area contributed by atoms with E-state index in [1.807, 2.05) is 42.5 Å². The van der Waals surface area contributed by atoms with E-state index in [0.717, 1.165) is 30.9 Å². The molecule has 134 valence electrons. The molecule has 0 atom stereocenters. The molecule has 1 saturated heterocycles. The maximum absolute atomic E-state index is 12.4. The van der Waals surface area contributed by atoms with E-state index in [9.17, 15) is 4.79 Å². The highest BCUT2D eigenvalue weighted by Crippen LogP contribution is 2.24. The molecule has 26 heavy (non-hydrogen) atoms. The van der Waals surface area contributed by atoms with Crippen LogP contribution < -0.4 is 10.2 Å². The van der Waals surface area contributed by atoms with E-state index in [4.69, 9.17) is 9.15 Å². The predicted molar refractivity (Wildman–Crippen MR) is 104 cm³/mol. The number of hydrogen-bond donors (Lipinski definition) is 0. The summed E-state index contributed by atoms with van der Waals surface area (Å²) in [7, 11) is 0. The van der Waals surface area contributed by atoms with Gasteiger partial charge in [-0.1, -0.05) is 36.8 Å². The highest BCUT2D eigenvalue weighted by molar-refractivity contribution is 5.80. The summed E-state index contributed by atoms with van der Waals surface area (Å²) >= 11 is 0. The van der Waals surface area contributed by atoms with Gasteiger partial charge in [0.1, 0.15) is 23.7 Å². The van der Waals surface area contributed by atoms with Crippen molar-refractivity contribution in [3.05, 3.63) is 64.8 Å². The first kappa shape index (κ1) is 16.9. The van der Waals surface area contributed by atoms with Crippen molar-refractivity contribution in [3.63, 3.8) is 0 Å². The van der Waals surface area contributed by atoms with Crippen molar-refractivity contribution in [2.75, 3.05) is 26.2 Å². The van der Waals surface area contributed by atoms with Crippen LogP contribution in [0.2, 0.25) is 0 Å². The second-order valence-electron chi connectivity index (χ2n) is 6.75. The minimum atomic E-state index is -0.0371. The summed E-state index contributed by atoms with van der Waals surface area (Å²) < 4.78 is 11.9. The van der Waals surface area contributed by atoms with E-state index in [1.54, 1.807) is 12.1 Å². The summed E-state index contributed by atoms with van der Waals surface area (Å²) in [6.45, 7) is 3.91.